The Bertz CT molecular complexity index is 670. The molecule has 2 aromatic rings. The summed E-state index contributed by atoms with van der Waals surface area (Å²) in [6.45, 7) is 1.76. The van der Waals surface area contributed by atoms with E-state index >= 15 is 0 Å². The molecule has 1 saturated heterocycles. The topological polar surface area (TPSA) is 61.9 Å². The number of fused-ring (bicyclic) bond motifs is 1. The van der Waals surface area contributed by atoms with Crippen molar-refractivity contribution in [2.24, 2.45) is 0 Å². The number of hydrogen-bond donors (Lipinski definition) is 0. The van der Waals surface area contributed by atoms with Crippen LogP contribution in [0.2, 0.25) is 0 Å². The maximum Gasteiger partial charge on any atom is 1.00 e. The fraction of sp³-hybridized carbons (Fsp3) is 0.267. The zero-order chi connectivity index (χ0) is 13.6. The summed E-state index contributed by atoms with van der Waals surface area (Å²) in [4.78, 5) is 10.8. The average molecular weight is 280 g/mol. The van der Waals surface area contributed by atoms with Gasteiger partial charge >= 0.3 is 29.6 Å². The summed E-state index contributed by atoms with van der Waals surface area (Å²) in [5.41, 5.74) is 0.0758. The molecule has 0 spiro atoms. The van der Waals surface area contributed by atoms with Crippen LogP contribution in [0.5, 0.6) is 5.75 Å². The van der Waals surface area contributed by atoms with E-state index in [1.54, 1.807) is 14.0 Å². The zero-order valence-electron chi connectivity index (χ0n) is 11.7. The first-order valence-electron chi connectivity index (χ1n) is 6.01. The summed E-state index contributed by atoms with van der Waals surface area (Å²) < 4.78 is 10.4. The molecule has 2 unspecified atom stereocenters. The Labute approximate surface area is 139 Å². The van der Waals surface area contributed by atoms with Crippen molar-refractivity contribution in [1.29, 1.82) is 0 Å². The number of ether oxygens (including phenoxy) is 2. The second kappa shape index (κ2) is 5.37. The van der Waals surface area contributed by atoms with Gasteiger partial charge in [0.05, 0.1) is 13.1 Å². The molecule has 1 fully saturated rings. The van der Waals surface area contributed by atoms with E-state index in [1.807, 2.05) is 36.4 Å². The number of epoxide rings is 1. The third-order valence-electron chi connectivity index (χ3n) is 3.64. The van der Waals surface area contributed by atoms with Crippen LogP contribution in [0.3, 0.4) is 0 Å². The van der Waals surface area contributed by atoms with Gasteiger partial charge in [-0.3, -0.25) is 0 Å². The molecule has 98 valence electrons. The fourth-order valence-electron chi connectivity index (χ4n) is 2.36. The number of carboxylic acid groups (broad SMARTS) is 1. The summed E-state index contributed by atoms with van der Waals surface area (Å²) in [5, 5.41) is 12.9. The van der Waals surface area contributed by atoms with Gasteiger partial charge in [0.1, 0.15) is 17.5 Å². The Kier molecular flexibility index (Phi) is 4.12. The monoisotopic (exact) mass is 280 g/mol. The molecule has 1 aliphatic rings. The average Bonchev–Trinajstić information content (AvgIpc) is 3.11. The van der Waals surface area contributed by atoms with E-state index < -0.39 is 17.7 Å². The van der Waals surface area contributed by atoms with E-state index in [2.05, 4.69) is 0 Å². The summed E-state index contributed by atoms with van der Waals surface area (Å²) >= 11 is 0. The van der Waals surface area contributed by atoms with Crippen molar-refractivity contribution in [3.8, 4) is 5.75 Å². The van der Waals surface area contributed by atoms with Crippen LogP contribution in [0.25, 0.3) is 10.8 Å². The predicted octanol–water partition coefficient (Wildman–Crippen LogP) is -1.78. The van der Waals surface area contributed by atoms with Gasteiger partial charge in [-0.15, -0.1) is 0 Å². The summed E-state index contributed by atoms with van der Waals surface area (Å²) in [7, 11) is 1.62. The van der Waals surface area contributed by atoms with Crippen molar-refractivity contribution >= 4 is 16.7 Å². The fourth-order valence-corrected chi connectivity index (χ4v) is 2.36. The maximum atomic E-state index is 10.8. The van der Waals surface area contributed by atoms with E-state index in [0.717, 1.165) is 22.1 Å². The number of methoxy groups -OCH3 is 1. The van der Waals surface area contributed by atoms with E-state index in [9.17, 15) is 9.90 Å². The molecule has 1 heterocycles. The summed E-state index contributed by atoms with van der Waals surface area (Å²) in [6, 6.07) is 11.5. The van der Waals surface area contributed by atoms with Crippen LogP contribution in [-0.2, 0) is 15.1 Å². The van der Waals surface area contributed by atoms with Crippen LogP contribution in [0, 0.1) is 0 Å². The number of carbonyl (C=O) groups is 1. The molecule has 3 rings (SSSR count). The van der Waals surface area contributed by atoms with Crippen molar-refractivity contribution in [2.45, 2.75) is 18.6 Å². The molecule has 5 heteroatoms. The van der Waals surface area contributed by atoms with Gasteiger partial charge in [0.15, 0.2) is 0 Å². The molecule has 0 aromatic heterocycles. The molecule has 0 aliphatic carbocycles. The van der Waals surface area contributed by atoms with Crippen LogP contribution >= 0.6 is 0 Å². The Morgan fingerprint density at radius 1 is 1.25 bits per heavy atom. The van der Waals surface area contributed by atoms with Gasteiger partial charge < -0.3 is 19.4 Å². The van der Waals surface area contributed by atoms with Gasteiger partial charge in [-0.05, 0) is 41.5 Å². The maximum absolute atomic E-state index is 10.8. The molecule has 0 N–H and O–H groups in total. The second-order valence-electron chi connectivity index (χ2n) is 4.85. The Morgan fingerprint density at radius 2 is 1.90 bits per heavy atom. The quantitative estimate of drug-likeness (QED) is 0.492. The van der Waals surface area contributed by atoms with Crippen LogP contribution < -0.4 is 39.4 Å². The number of benzene rings is 2. The Hall–Kier alpha value is -1.07. The molecule has 20 heavy (non-hydrogen) atoms. The number of rotatable bonds is 3. The Morgan fingerprint density at radius 3 is 2.50 bits per heavy atom. The third-order valence-corrected chi connectivity index (χ3v) is 3.64. The number of carboxylic acids is 1. The van der Waals surface area contributed by atoms with E-state index in [0.29, 0.717) is 0 Å². The first-order valence-corrected chi connectivity index (χ1v) is 6.01. The molecular weight excluding hydrogens is 267 g/mol. The Balaban J connectivity index is 0.00000147. The second-order valence-corrected chi connectivity index (χ2v) is 4.85. The van der Waals surface area contributed by atoms with Gasteiger partial charge in [-0.25, -0.2) is 0 Å². The third kappa shape index (κ3) is 2.44. The van der Waals surface area contributed by atoms with Gasteiger partial charge in [0, 0.05) is 0 Å². The largest absolute Gasteiger partial charge is 1.00 e. The molecular formula is C15H13NaO4. The van der Waals surface area contributed by atoms with E-state index in [-0.39, 0.29) is 29.6 Å². The molecule has 4 nitrogen and oxygen atoms in total. The predicted molar refractivity (Wildman–Crippen MR) is 67.7 cm³/mol. The normalized spacial score (nSPS) is 24.0. The first-order chi connectivity index (χ1) is 9.04. The van der Waals surface area contributed by atoms with Crippen LogP contribution in [0.4, 0.5) is 0 Å². The summed E-state index contributed by atoms with van der Waals surface area (Å²) in [6.07, 6.45) is -0.858. The van der Waals surface area contributed by atoms with Gasteiger partial charge in [-0.1, -0.05) is 18.2 Å². The molecule has 2 aromatic carbocycles. The smallest absolute Gasteiger partial charge is 0.547 e. The molecule has 0 amide bonds. The molecule has 1 aliphatic heterocycles. The molecule has 2 atom stereocenters. The van der Waals surface area contributed by atoms with Crippen molar-refractivity contribution in [1.82, 2.24) is 0 Å². The zero-order valence-corrected chi connectivity index (χ0v) is 13.7. The minimum Gasteiger partial charge on any atom is -0.547 e. The molecule has 0 bridgehead atoms. The van der Waals surface area contributed by atoms with Crippen LogP contribution in [-0.4, -0.2) is 19.2 Å². The number of carbonyl (C=O) groups excluding carboxylic acids is 1. The van der Waals surface area contributed by atoms with Gasteiger partial charge in [0.2, 0.25) is 0 Å². The minimum atomic E-state index is -1.17. The first kappa shape index (κ1) is 15.3. The standard InChI is InChI=1S/C15H14O4.Na/c1-15(13(19-15)14(16)17)11-5-3-10-8-12(18-2)6-4-9(10)7-11;/h3-8,13H,1-2H3,(H,16,17);/q;+1/p-1. The van der Waals surface area contributed by atoms with Gasteiger partial charge in [-0.2, -0.15) is 0 Å². The van der Waals surface area contributed by atoms with Crippen LogP contribution in [0.15, 0.2) is 36.4 Å². The molecule has 0 radical (unpaired) electrons. The van der Waals surface area contributed by atoms with E-state index in [1.165, 1.54) is 0 Å². The van der Waals surface area contributed by atoms with Crippen molar-refractivity contribution in [3.05, 3.63) is 42.0 Å². The SMILES string of the molecule is COc1ccc2cc(C3(C)OC3C(=O)[O-])ccc2c1.[Na+]. The van der Waals surface area contributed by atoms with Crippen molar-refractivity contribution < 1.29 is 48.9 Å². The molecule has 0 saturated carbocycles. The van der Waals surface area contributed by atoms with Crippen LogP contribution in [0.1, 0.15) is 12.5 Å². The van der Waals surface area contributed by atoms with E-state index in [4.69, 9.17) is 9.47 Å². The van der Waals surface area contributed by atoms with Gasteiger partial charge in [0.25, 0.3) is 0 Å². The number of hydrogen-bond acceptors (Lipinski definition) is 4. The number of aliphatic carboxylic acids is 1. The van der Waals surface area contributed by atoms with Crippen molar-refractivity contribution in [3.63, 3.8) is 0 Å². The van der Waals surface area contributed by atoms with Crippen molar-refractivity contribution in [2.75, 3.05) is 7.11 Å². The minimum absolute atomic E-state index is 0. The summed E-state index contributed by atoms with van der Waals surface area (Å²) in [5.74, 6) is -0.376.